The van der Waals surface area contributed by atoms with Crippen molar-refractivity contribution in [2.75, 3.05) is 0 Å². The zero-order valence-electron chi connectivity index (χ0n) is 8.19. The first-order chi connectivity index (χ1) is 7.08. The van der Waals surface area contributed by atoms with Gasteiger partial charge in [0, 0.05) is 16.2 Å². The number of fused-ring (bicyclic) bond motifs is 1. The van der Waals surface area contributed by atoms with E-state index in [1.807, 2.05) is 25.1 Å². The van der Waals surface area contributed by atoms with Gasteiger partial charge in [-0.2, -0.15) is 12.6 Å². The number of aromatic carboxylic acids is 1. The van der Waals surface area contributed by atoms with E-state index in [4.69, 9.17) is 5.11 Å². The number of nitrogens with one attached hydrogen (secondary N) is 1. The highest BCUT2D eigenvalue weighted by Crippen LogP contribution is 2.24. The first-order valence-electron chi connectivity index (χ1n) is 4.62. The number of hydrogen-bond donors (Lipinski definition) is 3. The molecular weight excluding hydrogens is 210 g/mol. The average Bonchev–Trinajstić information content (AvgIpc) is 2.59. The van der Waals surface area contributed by atoms with Crippen LogP contribution in [0.2, 0.25) is 0 Å². The molecule has 2 N–H and O–H groups in total. The maximum atomic E-state index is 10.7. The molecule has 2 rings (SSSR count). The fourth-order valence-corrected chi connectivity index (χ4v) is 1.69. The Morgan fingerprint density at radius 1 is 1.47 bits per heavy atom. The van der Waals surface area contributed by atoms with Gasteiger partial charge in [-0.05, 0) is 30.7 Å². The van der Waals surface area contributed by atoms with Gasteiger partial charge in [0.15, 0.2) is 0 Å². The summed E-state index contributed by atoms with van der Waals surface area (Å²) < 4.78 is 0. The molecule has 78 valence electrons. The maximum absolute atomic E-state index is 10.7. The molecule has 1 aromatic heterocycles. The van der Waals surface area contributed by atoms with Gasteiger partial charge in [-0.3, -0.25) is 0 Å². The molecule has 0 bridgehead atoms. The average molecular weight is 221 g/mol. The van der Waals surface area contributed by atoms with Gasteiger partial charge >= 0.3 is 5.97 Å². The van der Waals surface area contributed by atoms with Crippen LogP contribution in [0.15, 0.2) is 24.3 Å². The lowest BCUT2D eigenvalue weighted by Gasteiger charge is -2.03. The van der Waals surface area contributed by atoms with Crippen LogP contribution in [0.4, 0.5) is 0 Å². The summed E-state index contributed by atoms with van der Waals surface area (Å²) in [6.45, 7) is 1.98. The van der Waals surface area contributed by atoms with Crippen LogP contribution < -0.4 is 0 Å². The Balaban J connectivity index is 2.57. The lowest BCUT2D eigenvalue weighted by Crippen LogP contribution is -1.94. The smallest absolute Gasteiger partial charge is 0.352 e. The Labute approximate surface area is 92.5 Å². The molecule has 0 aliphatic carbocycles. The number of aromatic nitrogens is 1. The summed E-state index contributed by atoms with van der Waals surface area (Å²) in [4.78, 5) is 13.6. The Morgan fingerprint density at radius 2 is 2.20 bits per heavy atom. The fraction of sp³-hybridized carbons (Fsp3) is 0.182. The minimum Gasteiger partial charge on any atom is -0.477 e. The van der Waals surface area contributed by atoms with Crippen LogP contribution in [0.25, 0.3) is 10.9 Å². The number of benzene rings is 1. The number of carboxylic acids is 1. The third-order valence-corrected chi connectivity index (χ3v) is 2.66. The molecule has 0 aliphatic rings. The summed E-state index contributed by atoms with van der Waals surface area (Å²) in [5, 5.41) is 9.88. The highest BCUT2D eigenvalue weighted by Gasteiger charge is 2.08. The molecule has 2 aromatic rings. The molecule has 1 aromatic carbocycles. The second-order valence-electron chi connectivity index (χ2n) is 3.51. The van der Waals surface area contributed by atoms with Crippen molar-refractivity contribution in [2.45, 2.75) is 12.2 Å². The van der Waals surface area contributed by atoms with E-state index in [1.54, 1.807) is 6.07 Å². The maximum Gasteiger partial charge on any atom is 0.352 e. The predicted octanol–water partition coefficient (Wildman–Crippen LogP) is 2.86. The standard InChI is InChI=1S/C11H11NO2S/c1-6(15)7-2-3-9-8(4-7)5-10(12-9)11(13)14/h2-6,12,15H,1H3,(H,13,14). The van der Waals surface area contributed by atoms with E-state index in [9.17, 15) is 4.79 Å². The number of thiol groups is 1. The Kier molecular flexibility index (Phi) is 2.44. The van der Waals surface area contributed by atoms with Gasteiger partial charge in [-0.15, -0.1) is 0 Å². The molecule has 0 aliphatic heterocycles. The van der Waals surface area contributed by atoms with Crippen LogP contribution >= 0.6 is 12.6 Å². The summed E-state index contributed by atoms with van der Waals surface area (Å²) in [6.07, 6.45) is 0. The Bertz CT molecular complexity index is 516. The first kappa shape index (κ1) is 10.1. The van der Waals surface area contributed by atoms with Crippen LogP contribution in [-0.2, 0) is 0 Å². The van der Waals surface area contributed by atoms with Gasteiger partial charge in [-0.1, -0.05) is 6.07 Å². The number of rotatable bonds is 2. The summed E-state index contributed by atoms with van der Waals surface area (Å²) in [7, 11) is 0. The van der Waals surface area contributed by atoms with Crippen LogP contribution in [0.5, 0.6) is 0 Å². The summed E-state index contributed by atoms with van der Waals surface area (Å²) >= 11 is 4.33. The molecule has 1 unspecified atom stereocenters. The molecule has 1 atom stereocenters. The van der Waals surface area contributed by atoms with E-state index in [0.29, 0.717) is 0 Å². The number of carbonyl (C=O) groups is 1. The van der Waals surface area contributed by atoms with Gasteiger partial charge in [0.05, 0.1) is 0 Å². The summed E-state index contributed by atoms with van der Waals surface area (Å²) in [6, 6.07) is 7.42. The predicted molar refractivity (Wildman–Crippen MR) is 62.7 cm³/mol. The molecule has 4 heteroatoms. The van der Waals surface area contributed by atoms with Crippen LogP contribution in [0, 0.1) is 0 Å². The molecule has 15 heavy (non-hydrogen) atoms. The van der Waals surface area contributed by atoms with Crippen molar-refractivity contribution in [1.29, 1.82) is 0 Å². The topological polar surface area (TPSA) is 53.1 Å². The van der Waals surface area contributed by atoms with Gasteiger partial charge < -0.3 is 10.1 Å². The first-order valence-corrected chi connectivity index (χ1v) is 5.13. The Morgan fingerprint density at radius 3 is 2.80 bits per heavy atom. The van der Waals surface area contributed by atoms with Gasteiger partial charge in [0.2, 0.25) is 0 Å². The second-order valence-corrected chi connectivity index (χ2v) is 4.29. The third-order valence-electron chi connectivity index (χ3n) is 2.36. The van der Waals surface area contributed by atoms with E-state index in [-0.39, 0.29) is 10.9 Å². The summed E-state index contributed by atoms with van der Waals surface area (Å²) in [5.74, 6) is -0.938. The largest absolute Gasteiger partial charge is 0.477 e. The molecule has 3 nitrogen and oxygen atoms in total. The van der Waals surface area contributed by atoms with Gasteiger partial charge in [-0.25, -0.2) is 4.79 Å². The van der Waals surface area contributed by atoms with Crippen LogP contribution in [0.1, 0.15) is 28.2 Å². The number of aromatic amines is 1. The van der Waals surface area contributed by atoms with Crippen molar-refractivity contribution in [1.82, 2.24) is 4.98 Å². The highest BCUT2D eigenvalue weighted by molar-refractivity contribution is 7.80. The van der Waals surface area contributed by atoms with Crippen molar-refractivity contribution in [2.24, 2.45) is 0 Å². The molecule has 0 saturated heterocycles. The van der Waals surface area contributed by atoms with Crippen molar-refractivity contribution in [3.8, 4) is 0 Å². The number of hydrogen-bond acceptors (Lipinski definition) is 2. The molecular formula is C11H11NO2S. The zero-order chi connectivity index (χ0) is 11.0. The van der Waals surface area contributed by atoms with E-state index in [1.165, 1.54) is 0 Å². The molecule has 0 spiro atoms. The minimum absolute atomic E-state index is 0.151. The highest BCUT2D eigenvalue weighted by atomic mass is 32.1. The van der Waals surface area contributed by atoms with Crippen molar-refractivity contribution in [3.05, 3.63) is 35.5 Å². The van der Waals surface area contributed by atoms with Crippen LogP contribution in [-0.4, -0.2) is 16.1 Å². The lowest BCUT2D eigenvalue weighted by molar-refractivity contribution is 0.0691. The van der Waals surface area contributed by atoms with Gasteiger partial charge in [0.25, 0.3) is 0 Å². The van der Waals surface area contributed by atoms with Crippen molar-refractivity contribution >= 4 is 29.5 Å². The quantitative estimate of drug-likeness (QED) is 0.683. The monoisotopic (exact) mass is 221 g/mol. The Hall–Kier alpha value is -1.42. The second kappa shape index (κ2) is 3.62. The SMILES string of the molecule is CC(S)c1ccc2[nH]c(C(=O)O)cc2c1. The number of carboxylic acid groups (broad SMARTS) is 1. The van der Waals surface area contributed by atoms with Crippen molar-refractivity contribution < 1.29 is 9.90 Å². The molecule has 0 saturated carbocycles. The van der Waals surface area contributed by atoms with E-state index < -0.39 is 5.97 Å². The molecule has 0 amide bonds. The number of H-pyrrole nitrogens is 1. The summed E-state index contributed by atoms with van der Waals surface area (Å²) in [5.41, 5.74) is 2.14. The third kappa shape index (κ3) is 1.85. The van der Waals surface area contributed by atoms with Gasteiger partial charge in [0.1, 0.15) is 5.69 Å². The molecule has 0 fully saturated rings. The van der Waals surface area contributed by atoms with E-state index >= 15 is 0 Å². The minimum atomic E-state index is -0.938. The zero-order valence-corrected chi connectivity index (χ0v) is 9.08. The molecule has 0 radical (unpaired) electrons. The van der Waals surface area contributed by atoms with Crippen LogP contribution in [0.3, 0.4) is 0 Å². The molecule has 1 heterocycles. The fourth-order valence-electron chi connectivity index (χ4n) is 1.53. The van der Waals surface area contributed by atoms with E-state index in [0.717, 1.165) is 16.5 Å². The van der Waals surface area contributed by atoms with Crippen molar-refractivity contribution in [3.63, 3.8) is 0 Å². The van der Waals surface area contributed by atoms with E-state index in [2.05, 4.69) is 17.6 Å². The normalized spacial score (nSPS) is 12.9. The lowest BCUT2D eigenvalue weighted by atomic mass is 10.1.